The molecule has 0 atom stereocenters. The molecule has 0 aliphatic carbocycles. The van der Waals surface area contributed by atoms with Crippen LogP contribution in [0.5, 0.6) is 0 Å². The molecule has 0 bridgehead atoms. The van der Waals surface area contributed by atoms with Crippen LogP contribution >= 0.6 is 12.4 Å². The van der Waals surface area contributed by atoms with Gasteiger partial charge in [-0.3, -0.25) is 15.0 Å². The summed E-state index contributed by atoms with van der Waals surface area (Å²) in [5, 5.41) is 44.8. The van der Waals surface area contributed by atoms with E-state index in [9.17, 15) is 14.7 Å². The number of carbonyl (C=O) groups excluding carboxylic acids is 1. The Balaban J connectivity index is 0.000000215. The van der Waals surface area contributed by atoms with Gasteiger partial charge in [0.1, 0.15) is 11.6 Å². The van der Waals surface area contributed by atoms with Crippen LogP contribution in [0.15, 0.2) is 72.8 Å². The van der Waals surface area contributed by atoms with Gasteiger partial charge in [-0.05, 0) is 147 Å². The Labute approximate surface area is 417 Å². The van der Waals surface area contributed by atoms with E-state index in [0.717, 1.165) is 102 Å². The Kier molecular flexibility index (Phi) is 20.8. The summed E-state index contributed by atoms with van der Waals surface area (Å²) in [6.45, 7) is 12.7. The Morgan fingerprint density at radius 1 is 0.686 bits per heavy atom. The number of likely N-dealkylation sites (tertiary alicyclic amines) is 1. The number of aromatic amines is 2. The van der Waals surface area contributed by atoms with Crippen molar-refractivity contribution in [1.29, 1.82) is 10.5 Å². The lowest BCUT2D eigenvalue weighted by atomic mass is 9.88. The number of aryl methyl sites for hydroxylation is 4. The third-order valence-corrected chi connectivity index (χ3v) is 12.9. The molecule has 0 spiro atoms. The minimum absolute atomic E-state index is 0. The fraction of sp³-hybridized carbons (Fsp3) is 0.407. The van der Waals surface area contributed by atoms with E-state index in [0.29, 0.717) is 60.7 Å². The molecule has 368 valence electrons. The summed E-state index contributed by atoms with van der Waals surface area (Å²) in [5.74, 6) is 2.88. The average Bonchev–Trinajstić information content (AvgIpc) is 4.08. The number of hydrogen-bond donors (Lipinski definition) is 4. The summed E-state index contributed by atoms with van der Waals surface area (Å²) in [6, 6.07) is 27.8. The predicted octanol–water partition coefficient (Wildman–Crippen LogP) is 9.10. The molecular formula is C54H65ClN10O5. The Morgan fingerprint density at radius 2 is 1.11 bits per heavy atom. The van der Waals surface area contributed by atoms with Crippen molar-refractivity contribution in [1.82, 2.24) is 40.6 Å². The van der Waals surface area contributed by atoms with E-state index < -0.39 is 5.97 Å². The van der Waals surface area contributed by atoms with Gasteiger partial charge in [0.2, 0.25) is 0 Å². The molecule has 2 aliphatic heterocycles. The SMILES string of the molecule is CCc1cc(C)c(C(=O)N2CCC(c3ccc(C#N)cc3)CC2)cc1-c1n[nH]c(CCOC)n1.CCc1cc(C)c(C(=O)O)cc1-c1n[nH]c(CCOC)n1.Cl.N#Cc1ccc(C2CCNCC2)cc1. The molecule has 15 nitrogen and oxygen atoms in total. The molecule has 6 aromatic rings. The van der Waals surface area contributed by atoms with Crippen molar-refractivity contribution in [2.24, 2.45) is 0 Å². The van der Waals surface area contributed by atoms with E-state index in [1.165, 1.54) is 24.0 Å². The van der Waals surface area contributed by atoms with Crippen molar-refractivity contribution >= 4 is 24.3 Å². The number of carbonyl (C=O) groups is 2. The van der Waals surface area contributed by atoms with Crippen LogP contribution in [0, 0.1) is 36.5 Å². The minimum atomic E-state index is -0.938. The first-order valence-corrected chi connectivity index (χ1v) is 23.8. The van der Waals surface area contributed by atoms with Gasteiger partial charge < -0.3 is 24.8 Å². The molecule has 16 heteroatoms. The average molecular weight is 970 g/mol. The van der Waals surface area contributed by atoms with Crippen molar-refractivity contribution < 1.29 is 24.2 Å². The standard InChI is InChI=1S/C27H31N5O2.C15H19N3O3.C12H14N2.ClH/c1-4-20-15-18(2)23(16-24(20)26-29-25(30-31-26)11-14-34-3)27(33)32-12-9-22(10-13-32)21-7-5-19(17-28)6-8-21;1-4-10-7-9(2)11(15(19)20)8-12(10)14-16-13(17-18-14)5-6-21-3;13-9-10-1-3-11(4-2-10)12-5-7-14-8-6-12;/h5-8,15-16,22H,4,9-14H2,1-3H3,(H,29,30,31);7-8H,4-6H2,1-3H3,(H,19,20)(H,16,17,18);1-4,12,14H,5-8H2;1H. The van der Waals surface area contributed by atoms with Crippen LogP contribution in [0.4, 0.5) is 0 Å². The zero-order chi connectivity index (χ0) is 49.3. The fourth-order valence-electron chi connectivity index (χ4n) is 8.85. The number of carboxylic acids is 1. The van der Waals surface area contributed by atoms with Crippen LogP contribution < -0.4 is 5.32 Å². The molecule has 2 fully saturated rings. The number of halogens is 1. The van der Waals surface area contributed by atoms with Crippen LogP contribution in [-0.4, -0.2) is 106 Å². The Bertz CT molecular complexity index is 2730. The molecular weight excluding hydrogens is 904 g/mol. The fourth-order valence-corrected chi connectivity index (χ4v) is 8.85. The van der Waals surface area contributed by atoms with Crippen LogP contribution in [0.25, 0.3) is 22.8 Å². The lowest BCUT2D eigenvalue weighted by Crippen LogP contribution is -2.38. The van der Waals surface area contributed by atoms with E-state index in [2.05, 4.69) is 72.9 Å². The normalized spacial score (nSPS) is 13.7. The van der Waals surface area contributed by atoms with E-state index in [1.807, 2.05) is 67.3 Å². The molecule has 0 saturated carbocycles. The molecule has 0 unspecified atom stereocenters. The Morgan fingerprint density at radius 3 is 1.53 bits per heavy atom. The first-order valence-electron chi connectivity index (χ1n) is 23.8. The second-order valence-corrected chi connectivity index (χ2v) is 17.4. The van der Waals surface area contributed by atoms with Crippen LogP contribution in [-0.2, 0) is 35.2 Å². The number of aromatic nitrogens is 6. The molecule has 70 heavy (non-hydrogen) atoms. The molecule has 2 aromatic heterocycles. The van der Waals surface area contributed by atoms with Gasteiger partial charge in [0.25, 0.3) is 5.91 Å². The van der Waals surface area contributed by atoms with Gasteiger partial charge in [-0.15, -0.1) is 12.4 Å². The molecule has 0 radical (unpaired) electrons. The highest BCUT2D eigenvalue weighted by molar-refractivity contribution is 5.97. The Hall–Kier alpha value is -6.75. The van der Waals surface area contributed by atoms with Gasteiger partial charge in [-0.2, -0.15) is 20.7 Å². The summed E-state index contributed by atoms with van der Waals surface area (Å²) in [7, 11) is 3.29. The highest BCUT2D eigenvalue weighted by Crippen LogP contribution is 2.32. The first-order chi connectivity index (χ1) is 33.5. The molecule has 8 rings (SSSR count). The second kappa shape index (κ2) is 26.9. The smallest absolute Gasteiger partial charge is 0.335 e. The number of rotatable bonds is 14. The molecule has 4 N–H and O–H groups in total. The molecule has 2 saturated heterocycles. The number of nitrogens with zero attached hydrogens (tertiary/aromatic N) is 7. The lowest BCUT2D eigenvalue weighted by molar-refractivity contribution is 0.0692. The summed E-state index contributed by atoms with van der Waals surface area (Å²) in [5.41, 5.74) is 10.6. The summed E-state index contributed by atoms with van der Waals surface area (Å²) in [6.07, 6.45) is 7.19. The second-order valence-electron chi connectivity index (χ2n) is 17.4. The number of piperidine rings is 2. The number of amides is 1. The number of ether oxygens (including phenoxy) is 2. The number of carboxylic acid groups (broad SMARTS) is 1. The monoisotopic (exact) mass is 968 g/mol. The van der Waals surface area contributed by atoms with E-state index in [-0.39, 0.29) is 23.9 Å². The number of nitrogens with one attached hydrogen (secondary N) is 3. The molecule has 2 aliphatic rings. The third-order valence-electron chi connectivity index (χ3n) is 12.9. The summed E-state index contributed by atoms with van der Waals surface area (Å²) >= 11 is 0. The van der Waals surface area contributed by atoms with Crippen LogP contribution in [0.2, 0.25) is 0 Å². The van der Waals surface area contributed by atoms with Crippen LogP contribution in [0.1, 0.15) is 128 Å². The van der Waals surface area contributed by atoms with Gasteiger partial charge in [0, 0.05) is 56.8 Å². The van der Waals surface area contributed by atoms with E-state index in [4.69, 9.17) is 20.0 Å². The number of aromatic carboxylic acids is 1. The van der Waals surface area contributed by atoms with Crippen molar-refractivity contribution in [3.8, 4) is 34.9 Å². The number of benzene rings is 4. The third kappa shape index (κ3) is 14.2. The lowest BCUT2D eigenvalue weighted by Gasteiger charge is -2.33. The van der Waals surface area contributed by atoms with Crippen molar-refractivity contribution in [3.63, 3.8) is 0 Å². The summed E-state index contributed by atoms with van der Waals surface area (Å²) in [4.78, 5) is 35.8. The maximum atomic E-state index is 13.5. The molecule has 1 amide bonds. The van der Waals surface area contributed by atoms with Crippen LogP contribution in [0.3, 0.4) is 0 Å². The number of hydrogen-bond acceptors (Lipinski definition) is 11. The molecule has 4 aromatic carbocycles. The maximum absolute atomic E-state index is 13.5. The maximum Gasteiger partial charge on any atom is 0.335 e. The van der Waals surface area contributed by atoms with E-state index >= 15 is 0 Å². The number of methoxy groups -OCH3 is 2. The first kappa shape index (κ1) is 54.2. The van der Waals surface area contributed by atoms with Gasteiger partial charge in [0.15, 0.2) is 11.6 Å². The van der Waals surface area contributed by atoms with Crippen molar-refractivity contribution in [3.05, 3.63) is 140 Å². The zero-order valence-corrected chi connectivity index (χ0v) is 41.9. The predicted molar refractivity (Wildman–Crippen MR) is 272 cm³/mol. The summed E-state index contributed by atoms with van der Waals surface area (Å²) < 4.78 is 10.1. The van der Waals surface area contributed by atoms with Gasteiger partial charge in [-0.1, -0.05) is 50.2 Å². The minimum Gasteiger partial charge on any atom is -0.478 e. The van der Waals surface area contributed by atoms with E-state index in [1.54, 1.807) is 27.2 Å². The zero-order valence-electron chi connectivity index (χ0n) is 41.1. The largest absolute Gasteiger partial charge is 0.478 e. The highest BCUT2D eigenvalue weighted by Gasteiger charge is 2.27. The van der Waals surface area contributed by atoms with Gasteiger partial charge >= 0.3 is 5.97 Å². The molecule has 4 heterocycles. The van der Waals surface area contributed by atoms with Crippen molar-refractivity contribution in [2.45, 2.75) is 90.9 Å². The van der Waals surface area contributed by atoms with Crippen molar-refractivity contribution in [2.75, 3.05) is 53.6 Å². The van der Waals surface area contributed by atoms with Gasteiger partial charge in [0.05, 0.1) is 42.0 Å². The highest BCUT2D eigenvalue weighted by atomic mass is 35.5. The number of H-pyrrole nitrogens is 2. The quantitative estimate of drug-likeness (QED) is 0.0804. The topological polar surface area (TPSA) is 219 Å². The van der Waals surface area contributed by atoms with Gasteiger partial charge in [-0.25, -0.2) is 14.8 Å². The number of nitriles is 2.